The highest BCUT2D eigenvalue weighted by Crippen LogP contribution is 2.21. The van der Waals surface area contributed by atoms with Gasteiger partial charge < -0.3 is 10.2 Å². The first-order chi connectivity index (χ1) is 13.0. The van der Waals surface area contributed by atoms with Gasteiger partial charge in [-0.15, -0.1) is 0 Å². The summed E-state index contributed by atoms with van der Waals surface area (Å²) in [5, 5.41) is 2.88. The van der Waals surface area contributed by atoms with Gasteiger partial charge in [0, 0.05) is 49.6 Å². The van der Waals surface area contributed by atoms with Gasteiger partial charge in [-0.25, -0.2) is 0 Å². The number of ketones is 1. The molecule has 0 atom stereocenters. The van der Waals surface area contributed by atoms with E-state index in [0.717, 1.165) is 30.5 Å². The zero-order valence-corrected chi connectivity index (χ0v) is 15.4. The molecule has 1 aromatic carbocycles. The second-order valence-electron chi connectivity index (χ2n) is 6.69. The van der Waals surface area contributed by atoms with E-state index in [9.17, 15) is 14.4 Å². The van der Waals surface area contributed by atoms with Crippen LogP contribution < -0.4 is 5.32 Å². The van der Waals surface area contributed by atoms with Crippen molar-refractivity contribution in [3.8, 4) is 11.1 Å². The molecule has 0 saturated carbocycles. The minimum Gasteiger partial charge on any atom is -0.352 e. The van der Waals surface area contributed by atoms with Crippen molar-refractivity contribution in [3.05, 3.63) is 53.9 Å². The third kappa shape index (κ3) is 4.78. The minimum atomic E-state index is -0.195. The Morgan fingerprint density at radius 2 is 1.96 bits per heavy atom. The molecule has 140 valence electrons. The van der Waals surface area contributed by atoms with Crippen LogP contribution in [0.3, 0.4) is 0 Å². The normalized spacial score (nSPS) is 13.7. The van der Waals surface area contributed by atoms with E-state index < -0.39 is 0 Å². The molecule has 2 amide bonds. The number of carbonyl (C=O) groups is 3. The first kappa shape index (κ1) is 18.8. The maximum atomic E-state index is 12.4. The summed E-state index contributed by atoms with van der Waals surface area (Å²) in [5.41, 5.74) is 2.72. The van der Waals surface area contributed by atoms with E-state index >= 15 is 0 Å². The van der Waals surface area contributed by atoms with Crippen LogP contribution >= 0.6 is 0 Å². The molecule has 1 fully saturated rings. The molecule has 1 aromatic heterocycles. The molecule has 0 bridgehead atoms. The van der Waals surface area contributed by atoms with Crippen LogP contribution in [0.5, 0.6) is 0 Å². The van der Waals surface area contributed by atoms with Crippen molar-refractivity contribution in [2.24, 2.45) is 0 Å². The second kappa shape index (κ2) is 8.58. The molecule has 1 aliphatic heterocycles. The van der Waals surface area contributed by atoms with Gasteiger partial charge >= 0.3 is 0 Å². The summed E-state index contributed by atoms with van der Waals surface area (Å²) in [5.74, 6) is 0.000954. The fraction of sp³-hybridized carbons (Fsp3) is 0.333. The number of likely N-dealkylation sites (tertiary alicyclic amines) is 1. The van der Waals surface area contributed by atoms with Gasteiger partial charge in [0.15, 0.2) is 5.78 Å². The standard InChI is InChI=1S/C21H23N3O3/c1-15(25)16-5-2-6-17(11-16)18-12-19(14-22-13-18)21(27)23-8-4-10-24-9-3-7-20(24)26/h2,5-6,11-14H,3-4,7-10H2,1H3,(H,23,27). The van der Waals surface area contributed by atoms with Crippen molar-refractivity contribution in [2.45, 2.75) is 26.2 Å². The van der Waals surface area contributed by atoms with Gasteiger partial charge in [-0.05, 0) is 37.5 Å². The van der Waals surface area contributed by atoms with E-state index in [0.29, 0.717) is 30.6 Å². The Kier molecular flexibility index (Phi) is 5.96. The average molecular weight is 365 g/mol. The number of carbonyl (C=O) groups excluding carboxylic acids is 3. The van der Waals surface area contributed by atoms with E-state index in [1.807, 2.05) is 17.0 Å². The number of pyridine rings is 1. The largest absolute Gasteiger partial charge is 0.352 e. The fourth-order valence-corrected chi connectivity index (χ4v) is 3.15. The highest BCUT2D eigenvalue weighted by Gasteiger charge is 2.19. The molecule has 6 heteroatoms. The summed E-state index contributed by atoms with van der Waals surface area (Å²) >= 11 is 0. The highest BCUT2D eigenvalue weighted by atomic mass is 16.2. The maximum absolute atomic E-state index is 12.4. The third-order valence-corrected chi connectivity index (χ3v) is 4.66. The Morgan fingerprint density at radius 3 is 2.70 bits per heavy atom. The lowest BCUT2D eigenvalue weighted by Crippen LogP contribution is -2.30. The Morgan fingerprint density at radius 1 is 1.15 bits per heavy atom. The molecule has 0 aliphatic carbocycles. The van der Waals surface area contributed by atoms with E-state index in [1.54, 1.807) is 24.4 Å². The molecule has 2 aromatic rings. The van der Waals surface area contributed by atoms with E-state index in [-0.39, 0.29) is 17.6 Å². The SMILES string of the molecule is CC(=O)c1cccc(-c2cncc(C(=O)NCCCN3CCCC3=O)c2)c1. The summed E-state index contributed by atoms with van der Waals surface area (Å²) in [7, 11) is 0. The van der Waals surface area contributed by atoms with E-state index in [1.165, 1.54) is 13.1 Å². The number of hydrogen-bond acceptors (Lipinski definition) is 4. The first-order valence-corrected chi connectivity index (χ1v) is 9.17. The van der Waals surface area contributed by atoms with Crippen molar-refractivity contribution in [1.29, 1.82) is 0 Å². The number of aromatic nitrogens is 1. The number of nitrogens with one attached hydrogen (secondary N) is 1. The van der Waals surface area contributed by atoms with Gasteiger partial charge in [-0.2, -0.15) is 0 Å². The van der Waals surface area contributed by atoms with Crippen molar-refractivity contribution in [1.82, 2.24) is 15.2 Å². The Bertz CT molecular complexity index is 863. The predicted octanol–water partition coefficient (Wildman–Crippen LogP) is 2.69. The van der Waals surface area contributed by atoms with Crippen LogP contribution in [0.25, 0.3) is 11.1 Å². The molecule has 27 heavy (non-hydrogen) atoms. The maximum Gasteiger partial charge on any atom is 0.252 e. The quantitative estimate of drug-likeness (QED) is 0.604. The number of benzene rings is 1. The summed E-state index contributed by atoms with van der Waals surface area (Å²) in [6.07, 6.45) is 5.49. The zero-order chi connectivity index (χ0) is 19.2. The van der Waals surface area contributed by atoms with Gasteiger partial charge in [-0.3, -0.25) is 19.4 Å². The number of amides is 2. The highest BCUT2D eigenvalue weighted by molar-refractivity contribution is 5.96. The van der Waals surface area contributed by atoms with Gasteiger partial charge in [-0.1, -0.05) is 18.2 Å². The van der Waals surface area contributed by atoms with E-state index in [4.69, 9.17) is 0 Å². The lowest BCUT2D eigenvalue weighted by molar-refractivity contribution is -0.127. The summed E-state index contributed by atoms with van der Waals surface area (Å²) in [4.78, 5) is 41.5. The number of hydrogen-bond donors (Lipinski definition) is 1. The fourth-order valence-electron chi connectivity index (χ4n) is 3.15. The molecule has 2 heterocycles. The zero-order valence-electron chi connectivity index (χ0n) is 15.4. The first-order valence-electron chi connectivity index (χ1n) is 9.17. The molecule has 0 unspecified atom stereocenters. The average Bonchev–Trinajstić information content (AvgIpc) is 3.10. The summed E-state index contributed by atoms with van der Waals surface area (Å²) in [6.45, 7) is 3.52. The van der Waals surface area contributed by atoms with Crippen molar-refractivity contribution in [3.63, 3.8) is 0 Å². The molecule has 1 aliphatic rings. The molecular formula is C21H23N3O3. The van der Waals surface area contributed by atoms with Gasteiger partial charge in [0.1, 0.15) is 0 Å². The molecule has 6 nitrogen and oxygen atoms in total. The third-order valence-electron chi connectivity index (χ3n) is 4.66. The molecular weight excluding hydrogens is 342 g/mol. The van der Waals surface area contributed by atoms with Gasteiger partial charge in [0.25, 0.3) is 5.91 Å². The summed E-state index contributed by atoms with van der Waals surface area (Å²) < 4.78 is 0. The molecule has 1 N–H and O–H groups in total. The van der Waals surface area contributed by atoms with Crippen LogP contribution in [-0.4, -0.2) is 47.1 Å². The van der Waals surface area contributed by atoms with Crippen LogP contribution in [0.4, 0.5) is 0 Å². The number of Topliss-reactive ketones (excluding diaryl/α,β-unsaturated/α-hetero) is 1. The topological polar surface area (TPSA) is 79.4 Å². The minimum absolute atomic E-state index is 0.00445. The van der Waals surface area contributed by atoms with Crippen LogP contribution in [0.2, 0.25) is 0 Å². The lowest BCUT2D eigenvalue weighted by Gasteiger charge is -2.15. The van der Waals surface area contributed by atoms with Gasteiger partial charge in [0.05, 0.1) is 5.56 Å². The second-order valence-corrected chi connectivity index (χ2v) is 6.69. The van der Waals surface area contributed by atoms with Crippen molar-refractivity contribution in [2.75, 3.05) is 19.6 Å². The van der Waals surface area contributed by atoms with E-state index in [2.05, 4.69) is 10.3 Å². The monoisotopic (exact) mass is 365 g/mol. The van der Waals surface area contributed by atoms with Crippen LogP contribution in [0.15, 0.2) is 42.7 Å². The Labute approximate surface area is 158 Å². The lowest BCUT2D eigenvalue weighted by atomic mass is 10.0. The van der Waals surface area contributed by atoms with Crippen LogP contribution in [0, 0.1) is 0 Å². The van der Waals surface area contributed by atoms with Gasteiger partial charge in [0.2, 0.25) is 5.91 Å². The molecule has 1 saturated heterocycles. The Balaban J connectivity index is 1.59. The van der Waals surface area contributed by atoms with Crippen molar-refractivity contribution >= 4 is 17.6 Å². The molecule has 0 spiro atoms. The van der Waals surface area contributed by atoms with Crippen molar-refractivity contribution < 1.29 is 14.4 Å². The van der Waals surface area contributed by atoms with Crippen LogP contribution in [0.1, 0.15) is 46.9 Å². The summed E-state index contributed by atoms with van der Waals surface area (Å²) in [6, 6.07) is 9.04. The molecule has 0 radical (unpaired) electrons. The molecule has 3 rings (SSSR count). The number of rotatable bonds is 7. The Hall–Kier alpha value is -3.02. The predicted molar refractivity (Wildman–Crippen MR) is 102 cm³/mol. The number of nitrogens with zero attached hydrogens (tertiary/aromatic N) is 2. The van der Waals surface area contributed by atoms with Crippen LogP contribution in [-0.2, 0) is 4.79 Å². The smallest absolute Gasteiger partial charge is 0.252 e.